The number of halogens is 3. The van der Waals surface area contributed by atoms with Crippen LogP contribution >= 0.6 is 0 Å². The van der Waals surface area contributed by atoms with Gasteiger partial charge in [0, 0.05) is 24.1 Å². The minimum absolute atomic E-state index is 0.0309. The van der Waals surface area contributed by atoms with E-state index >= 15 is 0 Å². The molecule has 0 bridgehead atoms. The van der Waals surface area contributed by atoms with Gasteiger partial charge in [-0.15, -0.1) is 5.48 Å². The molecule has 1 aliphatic rings. The molecule has 8 heteroatoms. The SMILES string of the molecule is CCCNC(=O)CCCOc1ccc2c(c1CCC)ONC2(C)C(F)(F)F. The van der Waals surface area contributed by atoms with E-state index in [0.29, 0.717) is 43.7 Å². The molecule has 0 aromatic heterocycles. The summed E-state index contributed by atoms with van der Waals surface area (Å²) in [7, 11) is 0. The first-order valence-corrected chi connectivity index (χ1v) is 9.31. The maximum Gasteiger partial charge on any atom is 0.413 e. The van der Waals surface area contributed by atoms with Gasteiger partial charge in [-0.25, -0.2) is 0 Å². The summed E-state index contributed by atoms with van der Waals surface area (Å²) < 4.78 is 46.1. The second-order valence-electron chi connectivity index (χ2n) is 6.80. The molecule has 0 radical (unpaired) electrons. The molecule has 0 aliphatic carbocycles. The van der Waals surface area contributed by atoms with E-state index in [1.54, 1.807) is 6.07 Å². The van der Waals surface area contributed by atoms with E-state index in [-0.39, 0.29) is 17.2 Å². The van der Waals surface area contributed by atoms with Crippen LogP contribution in [0.4, 0.5) is 13.2 Å². The first kappa shape index (κ1) is 21.3. The predicted molar refractivity (Wildman–Crippen MR) is 95.6 cm³/mol. The molecular formula is C19H27F3N2O3. The number of hydrogen-bond acceptors (Lipinski definition) is 4. The second kappa shape index (κ2) is 8.82. The van der Waals surface area contributed by atoms with Gasteiger partial charge in [0.05, 0.1) is 6.61 Å². The van der Waals surface area contributed by atoms with E-state index in [1.165, 1.54) is 6.07 Å². The summed E-state index contributed by atoms with van der Waals surface area (Å²) in [5.41, 5.74) is 0.560. The van der Waals surface area contributed by atoms with Crippen LogP contribution in [0.15, 0.2) is 12.1 Å². The van der Waals surface area contributed by atoms with Gasteiger partial charge in [0.15, 0.2) is 11.3 Å². The van der Waals surface area contributed by atoms with Crippen molar-refractivity contribution in [3.63, 3.8) is 0 Å². The maximum absolute atomic E-state index is 13.4. The van der Waals surface area contributed by atoms with Gasteiger partial charge in [0.1, 0.15) is 5.75 Å². The third kappa shape index (κ3) is 4.66. The van der Waals surface area contributed by atoms with Crippen LogP contribution in [0, 0.1) is 0 Å². The summed E-state index contributed by atoms with van der Waals surface area (Å²) in [6.45, 7) is 5.93. The molecule has 1 amide bonds. The summed E-state index contributed by atoms with van der Waals surface area (Å²) in [5.74, 6) is 0.657. The first-order chi connectivity index (χ1) is 12.7. The molecule has 1 atom stereocenters. The van der Waals surface area contributed by atoms with Gasteiger partial charge < -0.3 is 14.9 Å². The van der Waals surface area contributed by atoms with Crippen molar-refractivity contribution in [2.45, 2.75) is 64.6 Å². The Kier molecular flexibility index (Phi) is 6.97. The highest BCUT2D eigenvalue weighted by Gasteiger charge is 2.58. The summed E-state index contributed by atoms with van der Waals surface area (Å²) >= 11 is 0. The zero-order valence-corrected chi connectivity index (χ0v) is 16.0. The molecule has 5 nitrogen and oxygen atoms in total. The smallest absolute Gasteiger partial charge is 0.413 e. The number of alkyl halides is 3. The van der Waals surface area contributed by atoms with Gasteiger partial charge >= 0.3 is 6.18 Å². The van der Waals surface area contributed by atoms with E-state index in [4.69, 9.17) is 9.57 Å². The summed E-state index contributed by atoms with van der Waals surface area (Å²) in [6, 6.07) is 2.95. The summed E-state index contributed by atoms with van der Waals surface area (Å²) in [4.78, 5) is 16.8. The third-order valence-corrected chi connectivity index (χ3v) is 4.56. The van der Waals surface area contributed by atoms with Crippen molar-refractivity contribution >= 4 is 5.91 Å². The molecule has 152 valence electrons. The van der Waals surface area contributed by atoms with Crippen LogP contribution in [0.5, 0.6) is 11.5 Å². The number of nitrogens with one attached hydrogen (secondary N) is 2. The Morgan fingerprint density at radius 2 is 2.04 bits per heavy atom. The lowest BCUT2D eigenvalue weighted by Gasteiger charge is -2.26. The van der Waals surface area contributed by atoms with Crippen LogP contribution in [0.2, 0.25) is 0 Å². The molecule has 2 rings (SSSR count). The highest BCUT2D eigenvalue weighted by atomic mass is 19.4. The first-order valence-electron chi connectivity index (χ1n) is 9.31. The number of ether oxygens (including phenoxy) is 1. The van der Waals surface area contributed by atoms with E-state index in [9.17, 15) is 18.0 Å². The summed E-state index contributed by atoms with van der Waals surface area (Å²) in [6.07, 6.45) is -1.47. The topological polar surface area (TPSA) is 59.6 Å². The minimum atomic E-state index is -4.49. The average Bonchev–Trinajstić information content (AvgIpc) is 2.97. The monoisotopic (exact) mass is 388 g/mol. The molecule has 1 aliphatic heterocycles. The molecule has 1 heterocycles. The number of fused-ring (bicyclic) bond motifs is 1. The molecular weight excluding hydrogens is 361 g/mol. The molecule has 27 heavy (non-hydrogen) atoms. The molecule has 1 aromatic rings. The second-order valence-corrected chi connectivity index (χ2v) is 6.80. The van der Waals surface area contributed by atoms with Gasteiger partial charge in [0.25, 0.3) is 0 Å². The predicted octanol–water partition coefficient (Wildman–Crippen LogP) is 4.00. The van der Waals surface area contributed by atoms with Crippen molar-refractivity contribution in [2.75, 3.05) is 13.2 Å². The fraction of sp³-hybridized carbons (Fsp3) is 0.632. The number of benzene rings is 1. The minimum Gasteiger partial charge on any atom is -0.493 e. The Morgan fingerprint density at radius 1 is 1.30 bits per heavy atom. The molecule has 1 aromatic carbocycles. The number of hydrogen-bond donors (Lipinski definition) is 2. The van der Waals surface area contributed by atoms with Crippen molar-refractivity contribution in [1.82, 2.24) is 10.8 Å². The van der Waals surface area contributed by atoms with E-state index in [0.717, 1.165) is 19.8 Å². The maximum atomic E-state index is 13.4. The number of hydroxylamine groups is 1. The van der Waals surface area contributed by atoms with Crippen LogP contribution in [-0.4, -0.2) is 25.2 Å². The van der Waals surface area contributed by atoms with Gasteiger partial charge in [0.2, 0.25) is 5.91 Å². The van der Waals surface area contributed by atoms with Crippen molar-refractivity contribution in [2.24, 2.45) is 0 Å². The van der Waals surface area contributed by atoms with E-state index in [1.807, 2.05) is 13.8 Å². The third-order valence-electron chi connectivity index (χ3n) is 4.56. The van der Waals surface area contributed by atoms with Crippen LogP contribution in [0.1, 0.15) is 57.6 Å². The van der Waals surface area contributed by atoms with Crippen molar-refractivity contribution in [1.29, 1.82) is 0 Å². The average molecular weight is 388 g/mol. The molecule has 0 saturated carbocycles. The Balaban J connectivity index is 2.10. The Labute approximate surface area is 157 Å². The zero-order valence-electron chi connectivity index (χ0n) is 16.0. The number of rotatable bonds is 9. The highest BCUT2D eigenvalue weighted by Crippen LogP contribution is 2.49. The number of amides is 1. The lowest BCUT2D eigenvalue weighted by molar-refractivity contribution is -0.207. The molecule has 2 N–H and O–H groups in total. The van der Waals surface area contributed by atoms with Gasteiger partial charge in [-0.05, 0) is 38.3 Å². The number of carbonyl (C=O) groups is 1. The fourth-order valence-corrected chi connectivity index (χ4v) is 2.93. The zero-order chi connectivity index (χ0) is 20.1. The lowest BCUT2D eigenvalue weighted by atomic mass is 9.90. The van der Waals surface area contributed by atoms with Crippen LogP contribution in [0.3, 0.4) is 0 Å². The quantitative estimate of drug-likeness (QED) is 0.628. The Hall–Kier alpha value is -1.96. The van der Waals surface area contributed by atoms with Crippen molar-refractivity contribution < 1.29 is 27.5 Å². The van der Waals surface area contributed by atoms with E-state index in [2.05, 4.69) is 10.8 Å². The Bertz CT molecular complexity index is 664. The number of carbonyl (C=O) groups excluding carboxylic acids is 1. The standard InChI is InChI=1S/C19H27F3N2O3/c1-4-7-13-15(26-12-6-8-16(25)23-11-5-2)10-9-14-17(13)27-24-18(14,3)19(20,21)22/h9-10,24H,4-8,11-12H2,1-3H3,(H,23,25). The summed E-state index contributed by atoms with van der Waals surface area (Å²) in [5, 5.41) is 2.79. The van der Waals surface area contributed by atoms with Crippen LogP contribution in [0.25, 0.3) is 0 Å². The fourth-order valence-electron chi connectivity index (χ4n) is 2.93. The van der Waals surface area contributed by atoms with Crippen molar-refractivity contribution in [3.05, 3.63) is 23.3 Å². The Morgan fingerprint density at radius 3 is 2.67 bits per heavy atom. The van der Waals surface area contributed by atoms with Crippen LogP contribution < -0.4 is 20.4 Å². The van der Waals surface area contributed by atoms with Gasteiger partial charge in [-0.3, -0.25) is 4.79 Å². The van der Waals surface area contributed by atoms with Crippen molar-refractivity contribution in [3.8, 4) is 11.5 Å². The molecule has 0 saturated heterocycles. The van der Waals surface area contributed by atoms with Crippen LogP contribution in [-0.2, 0) is 16.8 Å². The molecule has 0 spiro atoms. The van der Waals surface area contributed by atoms with Gasteiger partial charge in [-0.1, -0.05) is 20.3 Å². The lowest BCUT2D eigenvalue weighted by Crippen LogP contribution is -2.48. The highest BCUT2D eigenvalue weighted by molar-refractivity contribution is 5.75. The normalized spacial score (nSPS) is 18.7. The van der Waals surface area contributed by atoms with Gasteiger partial charge in [-0.2, -0.15) is 13.2 Å². The molecule has 1 unspecified atom stereocenters. The largest absolute Gasteiger partial charge is 0.493 e. The molecule has 0 fully saturated rings. The van der Waals surface area contributed by atoms with E-state index < -0.39 is 11.7 Å².